The van der Waals surface area contributed by atoms with Gasteiger partial charge in [0.1, 0.15) is 0 Å². The summed E-state index contributed by atoms with van der Waals surface area (Å²) in [5.74, 6) is -0.336. The summed E-state index contributed by atoms with van der Waals surface area (Å²) >= 11 is 0. The van der Waals surface area contributed by atoms with Gasteiger partial charge in [0.05, 0.1) is 12.2 Å². The lowest BCUT2D eigenvalue weighted by atomic mass is 10.1. The lowest BCUT2D eigenvalue weighted by molar-refractivity contribution is -0.140. The Balaban J connectivity index is 3.73. The first-order valence-corrected chi connectivity index (χ1v) is 4.85. The second-order valence-electron chi connectivity index (χ2n) is 3.86. The molecule has 0 fully saturated rings. The van der Waals surface area contributed by atoms with Crippen LogP contribution in [0.15, 0.2) is 12.2 Å². The summed E-state index contributed by atoms with van der Waals surface area (Å²) in [6.07, 6.45) is 0.694. The maximum atomic E-state index is 11.0. The molecule has 0 spiro atoms. The van der Waals surface area contributed by atoms with E-state index in [1.54, 1.807) is 6.92 Å². The number of ether oxygens (including phenoxy) is 2. The summed E-state index contributed by atoms with van der Waals surface area (Å²) in [4.78, 5) is 11.0. The number of esters is 1. The van der Waals surface area contributed by atoms with E-state index in [9.17, 15) is 4.79 Å². The SMILES string of the molecule is C=C(C)C(=O)OCCC(C)(C)OCC. The van der Waals surface area contributed by atoms with Crippen molar-refractivity contribution in [3.8, 4) is 0 Å². The lowest BCUT2D eigenvalue weighted by Crippen LogP contribution is -2.27. The lowest BCUT2D eigenvalue weighted by Gasteiger charge is -2.24. The minimum atomic E-state index is -0.336. The molecule has 0 aliphatic rings. The van der Waals surface area contributed by atoms with Gasteiger partial charge in [-0.25, -0.2) is 4.79 Å². The van der Waals surface area contributed by atoms with Crippen molar-refractivity contribution >= 4 is 5.97 Å². The highest BCUT2D eigenvalue weighted by atomic mass is 16.5. The fourth-order valence-electron chi connectivity index (χ4n) is 0.976. The summed E-state index contributed by atoms with van der Waals surface area (Å²) in [6.45, 7) is 12.1. The van der Waals surface area contributed by atoms with Gasteiger partial charge in [0.15, 0.2) is 0 Å². The molecular weight excluding hydrogens is 180 g/mol. The zero-order valence-electron chi connectivity index (χ0n) is 9.55. The van der Waals surface area contributed by atoms with Gasteiger partial charge in [-0.3, -0.25) is 0 Å². The molecule has 0 heterocycles. The Labute approximate surface area is 86.1 Å². The van der Waals surface area contributed by atoms with Crippen molar-refractivity contribution in [2.45, 2.75) is 39.7 Å². The summed E-state index contributed by atoms with van der Waals surface area (Å²) in [7, 11) is 0. The van der Waals surface area contributed by atoms with Crippen molar-refractivity contribution in [3.63, 3.8) is 0 Å². The molecule has 3 nitrogen and oxygen atoms in total. The number of hydrogen-bond donors (Lipinski definition) is 0. The molecule has 0 saturated carbocycles. The molecule has 0 saturated heterocycles. The second kappa shape index (κ2) is 5.81. The van der Waals surface area contributed by atoms with Gasteiger partial charge in [-0.15, -0.1) is 0 Å². The number of hydrogen-bond acceptors (Lipinski definition) is 3. The monoisotopic (exact) mass is 200 g/mol. The van der Waals surface area contributed by atoms with Crippen LogP contribution in [-0.2, 0) is 14.3 Å². The standard InChI is InChI=1S/C11H20O3/c1-6-14-11(4,5)7-8-13-10(12)9(2)3/h2,6-8H2,1,3-5H3. The fraction of sp³-hybridized carbons (Fsp3) is 0.727. The minimum Gasteiger partial charge on any atom is -0.462 e. The van der Waals surface area contributed by atoms with Crippen LogP contribution in [0.25, 0.3) is 0 Å². The van der Waals surface area contributed by atoms with Crippen molar-refractivity contribution in [1.82, 2.24) is 0 Å². The molecule has 0 aromatic rings. The van der Waals surface area contributed by atoms with Gasteiger partial charge in [-0.2, -0.15) is 0 Å². The number of carbonyl (C=O) groups excluding carboxylic acids is 1. The maximum Gasteiger partial charge on any atom is 0.333 e. The van der Waals surface area contributed by atoms with Gasteiger partial charge < -0.3 is 9.47 Å². The molecule has 14 heavy (non-hydrogen) atoms. The van der Waals surface area contributed by atoms with Crippen LogP contribution in [-0.4, -0.2) is 24.8 Å². The summed E-state index contributed by atoms with van der Waals surface area (Å²) in [5, 5.41) is 0. The molecule has 0 amide bonds. The predicted octanol–water partition coefficient (Wildman–Crippen LogP) is 2.31. The quantitative estimate of drug-likeness (QED) is 0.487. The Morgan fingerprint density at radius 1 is 1.43 bits per heavy atom. The Kier molecular flexibility index (Phi) is 5.46. The molecular formula is C11H20O3. The molecule has 0 rings (SSSR count). The average Bonchev–Trinajstić information content (AvgIpc) is 2.03. The van der Waals surface area contributed by atoms with E-state index in [4.69, 9.17) is 9.47 Å². The Hall–Kier alpha value is -0.830. The fourth-order valence-corrected chi connectivity index (χ4v) is 0.976. The number of rotatable bonds is 6. The minimum absolute atomic E-state index is 0.232. The Morgan fingerprint density at radius 3 is 2.43 bits per heavy atom. The molecule has 0 aromatic carbocycles. The van der Waals surface area contributed by atoms with Crippen LogP contribution >= 0.6 is 0 Å². The van der Waals surface area contributed by atoms with Gasteiger partial charge in [-0.05, 0) is 27.7 Å². The Bertz CT molecular complexity index is 207. The number of carbonyl (C=O) groups is 1. The van der Waals surface area contributed by atoms with Crippen LogP contribution < -0.4 is 0 Å². The van der Waals surface area contributed by atoms with Gasteiger partial charge >= 0.3 is 5.97 Å². The van der Waals surface area contributed by atoms with E-state index >= 15 is 0 Å². The third-order valence-corrected chi connectivity index (χ3v) is 1.82. The molecule has 0 unspecified atom stereocenters. The summed E-state index contributed by atoms with van der Waals surface area (Å²) in [6, 6.07) is 0. The molecule has 0 atom stereocenters. The smallest absolute Gasteiger partial charge is 0.333 e. The normalized spacial score (nSPS) is 11.1. The van der Waals surface area contributed by atoms with E-state index in [2.05, 4.69) is 6.58 Å². The van der Waals surface area contributed by atoms with Crippen LogP contribution in [0.3, 0.4) is 0 Å². The predicted molar refractivity (Wildman–Crippen MR) is 56.1 cm³/mol. The van der Waals surface area contributed by atoms with E-state index in [0.717, 1.165) is 0 Å². The third-order valence-electron chi connectivity index (χ3n) is 1.82. The zero-order valence-corrected chi connectivity index (χ0v) is 9.55. The molecule has 0 aliphatic carbocycles. The highest BCUT2D eigenvalue weighted by Gasteiger charge is 2.18. The second-order valence-corrected chi connectivity index (χ2v) is 3.86. The van der Waals surface area contributed by atoms with Gasteiger partial charge in [0.25, 0.3) is 0 Å². The molecule has 0 N–H and O–H groups in total. The first kappa shape index (κ1) is 13.2. The van der Waals surface area contributed by atoms with Crippen LogP contribution in [0.1, 0.15) is 34.1 Å². The highest BCUT2D eigenvalue weighted by molar-refractivity contribution is 5.86. The van der Waals surface area contributed by atoms with Crippen molar-refractivity contribution < 1.29 is 14.3 Å². The highest BCUT2D eigenvalue weighted by Crippen LogP contribution is 2.14. The Morgan fingerprint density at radius 2 is 2.00 bits per heavy atom. The van der Waals surface area contributed by atoms with Crippen molar-refractivity contribution in [2.24, 2.45) is 0 Å². The molecule has 0 bridgehead atoms. The third kappa shape index (κ3) is 5.75. The van der Waals surface area contributed by atoms with Crippen LogP contribution in [0.4, 0.5) is 0 Å². The van der Waals surface area contributed by atoms with Crippen LogP contribution in [0.5, 0.6) is 0 Å². The molecule has 82 valence electrons. The first-order valence-electron chi connectivity index (χ1n) is 4.85. The van der Waals surface area contributed by atoms with Gasteiger partial charge in [0, 0.05) is 18.6 Å². The van der Waals surface area contributed by atoms with E-state index in [1.165, 1.54) is 0 Å². The van der Waals surface area contributed by atoms with Crippen molar-refractivity contribution in [2.75, 3.05) is 13.2 Å². The largest absolute Gasteiger partial charge is 0.462 e. The molecule has 0 aliphatic heterocycles. The van der Waals surface area contributed by atoms with Crippen LogP contribution in [0, 0.1) is 0 Å². The molecule has 3 heteroatoms. The first-order chi connectivity index (χ1) is 6.39. The molecule has 0 radical (unpaired) electrons. The maximum absolute atomic E-state index is 11.0. The van der Waals surface area contributed by atoms with Gasteiger partial charge in [0.2, 0.25) is 0 Å². The summed E-state index contributed by atoms with van der Waals surface area (Å²) < 4.78 is 10.4. The topological polar surface area (TPSA) is 35.5 Å². The zero-order chi connectivity index (χ0) is 11.2. The summed E-state index contributed by atoms with van der Waals surface area (Å²) in [5.41, 5.74) is 0.198. The van der Waals surface area contributed by atoms with E-state index < -0.39 is 0 Å². The van der Waals surface area contributed by atoms with Crippen LogP contribution in [0.2, 0.25) is 0 Å². The van der Waals surface area contributed by atoms with Gasteiger partial charge in [-0.1, -0.05) is 6.58 Å². The van der Waals surface area contributed by atoms with E-state index in [0.29, 0.717) is 25.2 Å². The van der Waals surface area contributed by atoms with E-state index in [-0.39, 0.29) is 11.6 Å². The molecule has 0 aromatic heterocycles. The average molecular weight is 200 g/mol. The van der Waals surface area contributed by atoms with E-state index in [1.807, 2.05) is 20.8 Å². The van der Waals surface area contributed by atoms with Crippen molar-refractivity contribution in [1.29, 1.82) is 0 Å². The van der Waals surface area contributed by atoms with Crippen molar-refractivity contribution in [3.05, 3.63) is 12.2 Å².